The molecule has 1 amide bonds. The summed E-state index contributed by atoms with van der Waals surface area (Å²) in [5, 5.41) is 13.4. The fourth-order valence-electron chi connectivity index (χ4n) is 4.03. The fraction of sp³-hybridized carbons (Fsp3) is 0.208. The van der Waals surface area contributed by atoms with Gasteiger partial charge in [-0.1, -0.05) is 30.3 Å². The van der Waals surface area contributed by atoms with E-state index in [-0.39, 0.29) is 11.7 Å². The predicted molar refractivity (Wildman–Crippen MR) is 116 cm³/mol. The number of carbonyl (C=O) groups is 1. The Balaban J connectivity index is 1.47. The summed E-state index contributed by atoms with van der Waals surface area (Å²) in [4.78, 5) is 23.0. The molecule has 1 aliphatic heterocycles. The molecular formula is C24H20N6O. The minimum absolute atomic E-state index is 0.0583. The summed E-state index contributed by atoms with van der Waals surface area (Å²) in [5.41, 5.74) is 5.17. The molecule has 5 rings (SSSR count). The first-order chi connectivity index (χ1) is 15.2. The fourth-order valence-corrected chi connectivity index (χ4v) is 4.03. The van der Waals surface area contributed by atoms with E-state index in [9.17, 15) is 4.79 Å². The van der Waals surface area contributed by atoms with Crippen LogP contribution in [0.3, 0.4) is 0 Å². The highest BCUT2D eigenvalue weighted by Gasteiger charge is 2.22. The van der Waals surface area contributed by atoms with E-state index in [4.69, 9.17) is 5.26 Å². The van der Waals surface area contributed by atoms with Crippen LogP contribution >= 0.6 is 0 Å². The lowest BCUT2D eigenvalue weighted by Gasteiger charge is -2.26. The van der Waals surface area contributed by atoms with Crippen LogP contribution in [0.2, 0.25) is 0 Å². The maximum absolute atomic E-state index is 13.0. The molecule has 0 saturated carbocycles. The molecule has 1 aromatic carbocycles. The van der Waals surface area contributed by atoms with E-state index < -0.39 is 0 Å². The zero-order valence-electron chi connectivity index (χ0n) is 16.9. The molecule has 7 heteroatoms. The first kappa shape index (κ1) is 18.9. The van der Waals surface area contributed by atoms with Gasteiger partial charge in [-0.25, -0.2) is 14.5 Å². The molecular weight excluding hydrogens is 388 g/mol. The van der Waals surface area contributed by atoms with E-state index in [1.54, 1.807) is 18.6 Å². The van der Waals surface area contributed by atoms with Crippen LogP contribution in [0.1, 0.15) is 35.4 Å². The van der Waals surface area contributed by atoms with Crippen molar-refractivity contribution in [1.82, 2.24) is 24.5 Å². The summed E-state index contributed by atoms with van der Waals surface area (Å²) >= 11 is 0. The lowest BCUT2D eigenvalue weighted by atomic mass is 10.0. The van der Waals surface area contributed by atoms with Crippen LogP contribution in [0, 0.1) is 11.3 Å². The van der Waals surface area contributed by atoms with Gasteiger partial charge in [0.1, 0.15) is 6.07 Å². The monoisotopic (exact) mass is 408 g/mol. The minimum Gasteiger partial charge on any atom is -0.339 e. The van der Waals surface area contributed by atoms with Gasteiger partial charge in [0.15, 0.2) is 0 Å². The van der Waals surface area contributed by atoms with Gasteiger partial charge < -0.3 is 4.90 Å². The summed E-state index contributed by atoms with van der Waals surface area (Å²) in [5.74, 6) is 0.212. The van der Waals surface area contributed by atoms with E-state index in [1.165, 1.54) is 6.42 Å². The van der Waals surface area contributed by atoms with E-state index in [0.29, 0.717) is 5.56 Å². The van der Waals surface area contributed by atoms with Crippen LogP contribution in [0.15, 0.2) is 61.1 Å². The Hall–Kier alpha value is -4.05. The number of nitriles is 1. The van der Waals surface area contributed by atoms with Gasteiger partial charge in [0, 0.05) is 36.6 Å². The van der Waals surface area contributed by atoms with Crippen LogP contribution in [0.5, 0.6) is 0 Å². The Bertz CT molecular complexity index is 1280. The zero-order chi connectivity index (χ0) is 21.2. The SMILES string of the molecule is N#Cc1ncc(-c2ccc(-c3cccc4c(C(=O)N5CCCCC5)cnn34)cc2)cn1. The van der Waals surface area contributed by atoms with Crippen LogP contribution < -0.4 is 0 Å². The van der Waals surface area contributed by atoms with Gasteiger partial charge in [-0.05, 0) is 37.0 Å². The highest BCUT2D eigenvalue weighted by molar-refractivity contribution is 6.01. The third-order valence-corrected chi connectivity index (χ3v) is 5.68. The number of benzene rings is 1. The molecule has 1 saturated heterocycles. The van der Waals surface area contributed by atoms with Gasteiger partial charge in [-0.15, -0.1) is 0 Å². The molecule has 1 fully saturated rings. The predicted octanol–water partition coefficient (Wildman–Crippen LogP) is 3.96. The Labute approximate surface area is 179 Å². The van der Waals surface area contributed by atoms with Gasteiger partial charge in [0.05, 0.1) is 23.0 Å². The summed E-state index contributed by atoms with van der Waals surface area (Å²) in [6, 6.07) is 15.8. The second-order valence-electron chi connectivity index (χ2n) is 7.60. The van der Waals surface area contributed by atoms with Crippen molar-refractivity contribution in [2.75, 3.05) is 13.1 Å². The average Bonchev–Trinajstić information content (AvgIpc) is 3.29. The Morgan fingerprint density at radius 2 is 1.58 bits per heavy atom. The second-order valence-corrected chi connectivity index (χ2v) is 7.60. The topological polar surface area (TPSA) is 87.2 Å². The van der Waals surface area contributed by atoms with Crippen molar-refractivity contribution < 1.29 is 4.79 Å². The van der Waals surface area contributed by atoms with Gasteiger partial charge in [0.25, 0.3) is 5.91 Å². The molecule has 1 aliphatic rings. The zero-order valence-corrected chi connectivity index (χ0v) is 16.9. The number of likely N-dealkylation sites (tertiary alicyclic amines) is 1. The molecule has 4 heterocycles. The Morgan fingerprint density at radius 1 is 0.871 bits per heavy atom. The number of carbonyl (C=O) groups excluding carboxylic acids is 1. The average molecular weight is 408 g/mol. The first-order valence-electron chi connectivity index (χ1n) is 10.3. The largest absolute Gasteiger partial charge is 0.339 e. The summed E-state index contributed by atoms with van der Waals surface area (Å²) in [6.07, 6.45) is 8.28. The number of fused-ring (bicyclic) bond motifs is 1. The molecule has 0 atom stereocenters. The van der Waals surface area contributed by atoms with Crippen LogP contribution in [-0.4, -0.2) is 43.5 Å². The van der Waals surface area contributed by atoms with Crippen molar-refractivity contribution in [3.8, 4) is 28.5 Å². The Kier molecular flexibility index (Phi) is 4.89. The molecule has 0 bridgehead atoms. The van der Waals surface area contributed by atoms with Crippen molar-refractivity contribution >= 4 is 11.4 Å². The molecule has 7 nitrogen and oxygen atoms in total. The number of amides is 1. The summed E-state index contributed by atoms with van der Waals surface area (Å²) in [6.45, 7) is 1.63. The van der Waals surface area contributed by atoms with Crippen LogP contribution in [-0.2, 0) is 0 Å². The van der Waals surface area contributed by atoms with E-state index in [0.717, 1.165) is 53.8 Å². The normalized spacial score (nSPS) is 13.8. The van der Waals surface area contributed by atoms with E-state index in [1.807, 2.05) is 57.9 Å². The van der Waals surface area contributed by atoms with Crippen molar-refractivity contribution in [3.63, 3.8) is 0 Å². The number of hydrogen-bond acceptors (Lipinski definition) is 5. The number of hydrogen-bond donors (Lipinski definition) is 0. The third-order valence-electron chi connectivity index (χ3n) is 5.68. The molecule has 4 aromatic rings. The lowest BCUT2D eigenvalue weighted by molar-refractivity contribution is 0.0726. The molecule has 0 N–H and O–H groups in total. The molecule has 152 valence electrons. The smallest absolute Gasteiger partial charge is 0.257 e. The standard InChI is InChI=1S/C24H20N6O/c25-13-23-26-14-19(15-27-23)17-7-9-18(10-8-17)21-5-4-6-22-20(16-28-30(21)22)24(31)29-11-2-1-3-12-29/h4-10,14-16H,1-3,11-12H2. The lowest BCUT2D eigenvalue weighted by Crippen LogP contribution is -2.35. The van der Waals surface area contributed by atoms with Crippen molar-refractivity contribution in [2.24, 2.45) is 0 Å². The quantitative estimate of drug-likeness (QED) is 0.512. The maximum atomic E-state index is 13.0. The molecule has 0 unspecified atom stereocenters. The highest BCUT2D eigenvalue weighted by Crippen LogP contribution is 2.26. The molecule has 31 heavy (non-hydrogen) atoms. The van der Waals surface area contributed by atoms with Gasteiger partial charge in [-0.3, -0.25) is 4.79 Å². The molecule has 0 aliphatic carbocycles. The molecule has 0 spiro atoms. The van der Waals surface area contributed by atoms with Gasteiger partial charge in [0.2, 0.25) is 5.82 Å². The highest BCUT2D eigenvalue weighted by atomic mass is 16.2. The number of pyridine rings is 1. The number of nitrogens with zero attached hydrogens (tertiary/aromatic N) is 6. The Morgan fingerprint density at radius 3 is 2.29 bits per heavy atom. The molecule has 0 radical (unpaired) electrons. The minimum atomic E-state index is 0.0583. The first-order valence-corrected chi connectivity index (χ1v) is 10.3. The molecule has 3 aromatic heterocycles. The van der Waals surface area contributed by atoms with E-state index in [2.05, 4.69) is 15.1 Å². The number of aromatic nitrogens is 4. The maximum Gasteiger partial charge on any atom is 0.257 e. The van der Waals surface area contributed by atoms with Crippen LogP contribution in [0.4, 0.5) is 0 Å². The van der Waals surface area contributed by atoms with E-state index >= 15 is 0 Å². The van der Waals surface area contributed by atoms with Gasteiger partial charge >= 0.3 is 0 Å². The van der Waals surface area contributed by atoms with Gasteiger partial charge in [-0.2, -0.15) is 10.4 Å². The summed E-state index contributed by atoms with van der Waals surface area (Å²) in [7, 11) is 0. The number of rotatable bonds is 3. The van der Waals surface area contributed by atoms with Crippen molar-refractivity contribution in [3.05, 3.63) is 72.4 Å². The number of piperidine rings is 1. The van der Waals surface area contributed by atoms with Crippen molar-refractivity contribution in [1.29, 1.82) is 5.26 Å². The summed E-state index contributed by atoms with van der Waals surface area (Å²) < 4.78 is 1.83. The van der Waals surface area contributed by atoms with Crippen LogP contribution in [0.25, 0.3) is 27.9 Å². The van der Waals surface area contributed by atoms with Crippen molar-refractivity contribution in [2.45, 2.75) is 19.3 Å². The second kappa shape index (κ2) is 8.00. The third kappa shape index (κ3) is 3.53.